The lowest BCUT2D eigenvalue weighted by Gasteiger charge is -2.20. The number of rotatable bonds is 6. The van der Waals surface area contributed by atoms with Crippen molar-refractivity contribution < 1.29 is 14.3 Å². The summed E-state index contributed by atoms with van der Waals surface area (Å²) in [5.74, 6) is 0.156. The fraction of sp³-hybridized carbons (Fsp3) is 0.833. The van der Waals surface area contributed by atoms with Crippen LogP contribution in [0.25, 0.3) is 0 Å². The molecular weight excluding hydrogens is 220 g/mol. The van der Waals surface area contributed by atoms with Gasteiger partial charge in [0.05, 0.1) is 0 Å². The third kappa shape index (κ3) is 5.68. The number of nitrogens with one attached hydrogen (secondary N) is 2. The molecule has 1 rings (SSSR count). The first-order valence-corrected chi connectivity index (χ1v) is 6.27. The molecule has 2 amide bonds. The van der Waals surface area contributed by atoms with Gasteiger partial charge in [0.25, 0.3) is 0 Å². The first-order valence-electron chi connectivity index (χ1n) is 6.27. The molecule has 0 radical (unpaired) electrons. The summed E-state index contributed by atoms with van der Waals surface area (Å²) in [4.78, 5) is 22.8. The molecule has 98 valence electrons. The second-order valence-corrected chi connectivity index (χ2v) is 4.41. The van der Waals surface area contributed by atoms with Crippen LogP contribution >= 0.6 is 0 Å². The van der Waals surface area contributed by atoms with E-state index in [1.807, 2.05) is 0 Å². The molecule has 1 saturated carbocycles. The Labute approximate surface area is 102 Å². The van der Waals surface area contributed by atoms with Crippen LogP contribution in [0.5, 0.6) is 0 Å². The number of carbonyl (C=O) groups is 2. The van der Waals surface area contributed by atoms with E-state index < -0.39 is 0 Å². The van der Waals surface area contributed by atoms with Gasteiger partial charge >= 0.3 is 0 Å². The zero-order valence-corrected chi connectivity index (χ0v) is 10.5. The van der Waals surface area contributed by atoms with Crippen LogP contribution in [0, 0.1) is 5.92 Å². The molecule has 0 spiro atoms. The average Bonchev–Trinajstić information content (AvgIpc) is 2.36. The highest BCUT2D eigenvalue weighted by Crippen LogP contribution is 2.23. The van der Waals surface area contributed by atoms with Gasteiger partial charge < -0.3 is 15.4 Å². The summed E-state index contributed by atoms with van der Waals surface area (Å²) in [6, 6.07) is 0. The van der Waals surface area contributed by atoms with Crippen molar-refractivity contribution in [1.29, 1.82) is 0 Å². The topological polar surface area (TPSA) is 67.4 Å². The van der Waals surface area contributed by atoms with E-state index in [1.54, 1.807) is 0 Å². The van der Waals surface area contributed by atoms with Crippen LogP contribution in [-0.4, -0.2) is 38.6 Å². The van der Waals surface area contributed by atoms with Gasteiger partial charge in [0.15, 0.2) is 0 Å². The Bertz CT molecular complexity index is 250. The van der Waals surface area contributed by atoms with E-state index in [0.717, 1.165) is 25.7 Å². The maximum atomic E-state index is 11.7. The molecule has 2 N–H and O–H groups in total. The number of hydrogen-bond acceptors (Lipinski definition) is 3. The first kappa shape index (κ1) is 14.0. The summed E-state index contributed by atoms with van der Waals surface area (Å²) in [7, 11) is 1.48. The highest BCUT2D eigenvalue weighted by molar-refractivity contribution is 5.79. The normalized spacial score (nSPS) is 16.5. The number of hydrogen-bond donors (Lipinski definition) is 2. The van der Waals surface area contributed by atoms with Crippen LogP contribution in [0.2, 0.25) is 0 Å². The number of methoxy groups -OCH3 is 1. The molecule has 0 heterocycles. The number of amides is 2. The zero-order valence-electron chi connectivity index (χ0n) is 10.5. The van der Waals surface area contributed by atoms with Crippen molar-refractivity contribution in [3.05, 3.63) is 0 Å². The number of ether oxygens (including phenoxy) is 1. The highest BCUT2D eigenvalue weighted by Gasteiger charge is 2.20. The SMILES string of the molecule is COCC(=O)NCCNC(=O)C1CCCCC1. The monoisotopic (exact) mass is 242 g/mol. The maximum Gasteiger partial charge on any atom is 0.246 e. The minimum absolute atomic E-state index is 0.0660. The molecule has 0 saturated heterocycles. The van der Waals surface area contributed by atoms with Crippen LogP contribution in [0.15, 0.2) is 0 Å². The Balaban J connectivity index is 2.05. The largest absolute Gasteiger partial charge is 0.375 e. The van der Waals surface area contributed by atoms with Crippen molar-refractivity contribution in [2.45, 2.75) is 32.1 Å². The van der Waals surface area contributed by atoms with Crippen LogP contribution in [0.3, 0.4) is 0 Å². The van der Waals surface area contributed by atoms with Crippen molar-refractivity contribution in [1.82, 2.24) is 10.6 Å². The van der Waals surface area contributed by atoms with E-state index in [4.69, 9.17) is 0 Å². The summed E-state index contributed by atoms with van der Waals surface area (Å²) in [6.45, 7) is 1.02. The molecule has 0 atom stereocenters. The fourth-order valence-corrected chi connectivity index (χ4v) is 2.08. The molecule has 5 heteroatoms. The molecule has 0 unspecified atom stereocenters. The molecule has 0 aliphatic heterocycles. The van der Waals surface area contributed by atoms with E-state index in [-0.39, 0.29) is 24.3 Å². The van der Waals surface area contributed by atoms with E-state index >= 15 is 0 Å². The lowest BCUT2D eigenvalue weighted by molar-refractivity contribution is -0.127. The molecule has 5 nitrogen and oxygen atoms in total. The molecule has 1 aliphatic carbocycles. The van der Waals surface area contributed by atoms with Crippen LogP contribution in [0.1, 0.15) is 32.1 Å². The Morgan fingerprint density at radius 3 is 2.41 bits per heavy atom. The second-order valence-electron chi connectivity index (χ2n) is 4.41. The van der Waals surface area contributed by atoms with Crippen LogP contribution < -0.4 is 10.6 Å². The Morgan fingerprint density at radius 2 is 1.76 bits per heavy atom. The summed E-state index contributed by atoms with van der Waals surface area (Å²) < 4.78 is 4.68. The molecule has 1 fully saturated rings. The predicted octanol–water partition coefficient (Wildman–Crippen LogP) is 0.445. The van der Waals surface area contributed by atoms with Gasteiger partial charge in [-0.3, -0.25) is 9.59 Å². The van der Waals surface area contributed by atoms with Crippen LogP contribution in [0.4, 0.5) is 0 Å². The number of carbonyl (C=O) groups excluding carboxylic acids is 2. The Morgan fingerprint density at radius 1 is 1.12 bits per heavy atom. The quantitative estimate of drug-likeness (QED) is 0.664. The van der Waals surface area contributed by atoms with Gasteiger partial charge in [-0.05, 0) is 12.8 Å². The molecule has 0 aromatic rings. The lowest BCUT2D eigenvalue weighted by Crippen LogP contribution is -2.38. The van der Waals surface area contributed by atoms with E-state index in [9.17, 15) is 9.59 Å². The van der Waals surface area contributed by atoms with Crippen molar-refractivity contribution in [2.75, 3.05) is 26.8 Å². The maximum absolute atomic E-state index is 11.7. The minimum atomic E-state index is -0.153. The average molecular weight is 242 g/mol. The third-order valence-corrected chi connectivity index (χ3v) is 3.00. The van der Waals surface area contributed by atoms with Crippen molar-refractivity contribution in [3.8, 4) is 0 Å². The minimum Gasteiger partial charge on any atom is -0.375 e. The zero-order chi connectivity index (χ0) is 12.5. The van der Waals surface area contributed by atoms with Crippen molar-refractivity contribution in [2.24, 2.45) is 5.92 Å². The standard InChI is InChI=1S/C12H22N2O3/c1-17-9-11(15)13-7-8-14-12(16)10-5-3-2-4-6-10/h10H,2-9H2,1H3,(H,13,15)(H,14,16). The van der Waals surface area contributed by atoms with Gasteiger partial charge in [0.2, 0.25) is 11.8 Å². The van der Waals surface area contributed by atoms with Crippen molar-refractivity contribution in [3.63, 3.8) is 0 Å². The van der Waals surface area contributed by atoms with Gasteiger partial charge in [-0.15, -0.1) is 0 Å². The second kappa shape index (κ2) is 8.06. The molecule has 1 aliphatic rings. The molecular formula is C12H22N2O3. The Kier molecular flexibility index (Phi) is 6.62. The third-order valence-electron chi connectivity index (χ3n) is 3.00. The summed E-state index contributed by atoms with van der Waals surface area (Å²) in [6.07, 6.45) is 5.56. The van der Waals surface area contributed by atoms with E-state index in [0.29, 0.717) is 13.1 Å². The van der Waals surface area contributed by atoms with Gasteiger partial charge in [0, 0.05) is 26.1 Å². The fourth-order valence-electron chi connectivity index (χ4n) is 2.08. The molecule has 0 bridgehead atoms. The molecule has 0 aromatic heterocycles. The first-order chi connectivity index (χ1) is 8.24. The summed E-state index contributed by atoms with van der Waals surface area (Å²) in [5.41, 5.74) is 0. The lowest BCUT2D eigenvalue weighted by atomic mass is 9.89. The summed E-state index contributed by atoms with van der Waals surface area (Å²) in [5, 5.41) is 5.52. The molecule has 17 heavy (non-hydrogen) atoms. The van der Waals surface area contributed by atoms with Gasteiger partial charge in [-0.2, -0.15) is 0 Å². The predicted molar refractivity (Wildman–Crippen MR) is 64.5 cm³/mol. The highest BCUT2D eigenvalue weighted by atomic mass is 16.5. The van der Waals surface area contributed by atoms with Crippen LogP contribution in [-0.2, 0) is 14.3 Å². The Hall–Kier alpha value is -1.10. The molecule has 0 aromatic carbocycles. The van der Waals surface area contributed by atoms with Gasteiger partial charge in [0.1, 0.15) is 6.61 Å². The smallest absolute Gasteiger partial charge is 0.246 e. The van der Waals surface area contributed by atoms with E-state index in [2.05, 4.69) is 15.4 Å². The summed E-state index contributed by atoms with van der Waals surface area (Å²) >= 11 is 0. The van der Waals surface area contributed by atoms with Crippen molar-refractivity contribution >= 4 is 11.8 Å². The van der Waals surface area contributed by atoms with Gasteiger partial charge in [-0.25, -0.2) is 0 Å². The van der Waals surface area contributed by atoms with E-state index in [1.165, 1.54) is 13.5 Å². The van der Waals surface area contributed by atoms with Gasteiger partial charge in [-0.1, -0.05) is 19.3 Å².